The molecule has 0 saturated carbocycles. The highest BCUT2D eigenvalue weighted by molar-refractivity contribution is 5.53. The Kier molecular flexibility index (Phi) is 6.58. The first kappa shape index (κ1) is 14.8. The van der Waals surface area contributed by atoms with E-state index in [1.54, 1.807) is 0 Å². The molecule has 0 aliphatic carbocycles. The third-order valence-electron chi connectivity index (χ3n) is 3.17. The summed E-state index contributed by atoms with van der Waals surface area (Å²) in [6.45, 7) is 6.38. The molecule has 1 aliphatic heterocycles. The zero-order valence-electron chi connectivity index (χ0n) is 12.2. The first-order valence-corrected chi connectivity index (χ1v) is 7.01. The zero-order valence-corrected chi connectivity index (χ0v) is 12.2. The molecule has 1 aromatic rings. The fourth-order valence-electron chi connectivity index (χ4n) is 2.25. The van der Waals surface area contributed by atoms with Crippen LogP contribution in [0.5, 0.6) is 0 Å². The molecule has 1 atom stereocenters. The molecule has 0 radical (unpaired) electrons. The van der Waals surface area contributed by atoms with Crippen molar-refractivity contribution >= 4 is 11.4 Å². The number of piperidine rings is 1. The van der Waals surface area contributed by atoms with Crippen molar-refractivity contribution in [2.24, 2.45) is 0 Å². The maximum Gasteiger partial charge on any atom is 0.0388 e. The summed E-state index contributed by atoms with van der Waals surface area (Å²) in [7, 11) is 4.14. The number of hydrogen-bond acceptors (Lipinski definition) is 3. The van der Waals surface area contributed by atoms with E-state index in [0.29, 0.717) is 6.04 Å². The topological polar surface area (TPSA) is 27.3 Å². The standard InChI is InChI=1S/C13H21N3.C2H6/c1-14-11-5-7-12(8-6-11)15-13-4-3-9-16(2)10-13;1-2/h5-8,13-15H,3-4,9-10H2,1-2H3;1-2H3. The molecule has 1 heterocycles. The predicted molar refractivity (Wildman–Crippen MR) is 81.5 cm³/mol. The number of nitrogens with zero attached hydrogens (tertiary/aromatic N) is 1. The van der Waals surface area contributed by atoms with Crippen molar-refractivity contribution in [1.29, 1.82) is 0 Å². The van der Waals surface area contributed by atoms with Gasteiger partial charge in [-0.05, 0) is 50.7 Å². The monoisotopic (exact) mass is 249 g/mol. The van der Waals surface area contributed by atoms with Gasteiger partial charge in [-0.15, -0.1) is 0 Å². The molecule has 2 N–H and O–H groups in total. The highest BCUT2D eigenvalue weighted by Gasteiger charge is 2.16. The molecular weight excluding hydrogens is 222 g/mol. The van der Waals surface area contributed by atoms with Crippen LogP contribution in [0.1, 0.15) is 26.7 Å². The van der Waals surface area contributed by atoms with Crippen LogP contribution in [-0.2, 0) is 0 Å². The van der Waals surface area contributed by atoms with Crippen molar-refractivity contribution in [2.45, 2.75) is 32.7 Å². The van der Waals surface area contributed by atoms with Crippen molar-refractivity contribution in [3.63, 3.8) is 0 Å². The van der Waals surface area contributed by atoms with Crippen LogP contribution < -0.4 is 10.6 Å². The van der Waals surface area contributed by atoms with E-state index in [1.165, 1.54) is 25.1 Å². The maximum atomic E-state index is 3.59. The summed E-state index contributed by atoms with van der Waals surface area (Å²) in [4.78, 5) is 2.39. The second-order valence-corrected chi connectivity index (χ2v) is 4.57. The Labute approximate surface area is 112 Å². The van der Waals surface area contributed by atoms with Gasteiger partial charge in [-0.2, -0.15) is 0 Å². The van der Waals surface area contributed by atoms with E-state index in [1.807, 2.05) is 20.9 Å². The zero-order chi connectivity index (χ0) is 13.4. The fraction of sp³-hybridized carbons (Fsp3) is 0.600. The predicted octanol–water partition coefficient (Wildman–Crippen LogP) is 3.26. The largest absolute Gasteiger partial charge is 0.388 e. The normalized spacial score (nSPS) is 19.7. The van der Waals surface area contributed by atoms with Gasteiger partial charge in [-0.3, -0.25) is 0 Å². The van der Waals surface area contributed by atoms with Crippen molar-refractivity contribution in [2.75, 3.05) is 37.8 Å². The third-order valence-corrected chi connectivity index (χ3v) is 3.17. The van der Waals surface area contributed by atoms with E-state index < -0.39 is 0 Å². The van der Waals surface area contributed by atoms with Gasteiger partial charge < -0.3 is 15.5 Å². The first-order valence-electron chi connectivity index (χ1n) is 7.01. The summed E-state index contributed by atoms with van der Waals surface area (Å²) in [6.07, 6.45) is 2.57. The quantitative estimate of drug-likeness (QED) is 0.861. The third kappa shape index (κ3) is 4.57. The van der Waals surface area contributed by atoms with Gasteiger partial charge in [0.05, 0.1) is 0 Å². The van der Waals surface area contributed by atoms with E-state index in [9.17, 15) is 0 Å². The number of nitrogens with one attached hydrogen (secondary N) is 2. The van der Waals surface area contributed by atoms with Gasteiger partial charge in [0.2, 0.25) is 0 Å². The summed E-state index contributed by atoms with van der Waals surface area (Å²) in [5, 5.41) is 6.72. The Hall–Kier alpha value is -1.22. The van der Waals surface area contributed by atoms with Crippen LogP contribution in [0.3, 0.4) is 0 Å². The number of hydrogen-bond donors (Lipinski definition) is 2. The van der Waals surface area contributed by atoms with Crippen LogP contribution in [-0.4, -0.2) is 38.1 Å². The molecule has 0 aromatic heterocycles. The Balaban J connectivity index is 0.000000771. The summed E-state index contributed by atoms with van der Waals surface area (Å²) >= 11 is 0. The summed E-state index contributed by atoms with van der Waals surface area (Å²) in [5.41, 5.74) is 2.38. The lowest BCUT2D eigenvalue weighted by atomic mass is 10.1. The molecule has 0 amide bonds. The first-order chi connectivity index (χ1) is 8.78. The van der Waals surface area contributed by atoms with E-state index in [4.69, 9.17) is 0 Å². The van der Waals surface area contributed by atoms with Crippen LogP contribution in [0.2, 0.25) is 0 Å². The minimum absolute atomic E-state index is 0.596. The van der Waals surface area contributed by atoms with Gasteiger partial charge in [0, 0.05) is 31.0 Å². The number of anilines is 2. The molecule has 3 heteroatoms. The molecule has 1 aromatic carbocycles. The Morgan fingerprint density at radius 1 is 1.11 bits per heavy atom. The van der Waals surface area contributed by atoms with Crippen LogP contribution in [0.25, 0.3) is 0 Å². The van der Waals surface area contributed by atoms with Gasteiger partial charge >= 0.3 is 0 Å². The SMILES string of the molecule is CC.CNc1ccc(NC2CCCN(C)C2)cc1. The van der Waals surface area contributed by atoms with Crippen LogP contribution >= 0.6 is 0 Å². The second kappa shape index (κ2) is 7.98. The molecule has 1 aliphatic rings. The van der Waals surface area contributed by atoms with Crippen molar-refractivity contribution < 1.29 is 0 Å². The van der Waals surface area contributed by atoms with E-state index in [0.717, 1.165) is 12.2 Å². The number of rotatable bonds is 3. The molecule has 1 fully saturated rings. The summed E-state index contributed by atoms with van der Waals surface area (Å²) in [5.74, 6) is 0. The number of likely N-dealkylation sites (N-methyl/N-ethyl adjacent to an activating group) is 1. The molecule has 102 valence electrons. The Morgan fingerprint density at radius 3 is 2.28 bits per heavy atom. The minimum Gasteiger partial charge on any atom is -0.388 e. The van der Waals surface area contributed by atoms with Gasteiger partial charge in [-0.25, -0.2) is 0 Å². The summed E-state index contributed by atoms with van der Waals surface area (Å²) in [6, 6.07) is 9.09. The van der Waals surface area contributed by atoms with Gasteiger partial charge in [0.1, 0.15) is 0 Å². The smallest absolute Gasteiger partial charge is 0.0388 e. The summed E-state index contributed by atoms with van der Waals surface area (Å²) < 4.78 is 0. The molecule has 0 spiro atoms. The van der Waals surface area contributed by atoms with Crippen molar-refractivity contribution in [1.82, 2.24) is 4.90 Å². The molecule has 2 rings (SSSR count). The van der Waals surface area contributed by atoms with Crippen LogP contribution in [0, 0.1) is 0 Å². The molecule has 18 heavy (non-hydrogen) atoms. The van der Waals surface area contributed by atoms with Crippen LogP contribution in [0.15, 0.2) is 24.3 Å². The van der Waals surface area contributed by atoms with Crippen LogP contribution in [0.4, 0.5) is 11.4 Å². The molecule has 3 nitrogen and oxygen atoms in total. The average molecular weight is 249 g/mol. The maximum absolute atomic E-state index is 3.59. The molecular formula is C15H27N3. The second-order valence-electron chi connectivity index (χ2n) is 4.57. The number of benzene rings is 1. The van der Waals surface area contributed by atoms with E-state index >= 15 is 0 Å². The fourth-order valence-corrected chi connectivity index (χ4v) is 2.25. The Bertz CT molecular complexity index is 321. The van der Waals surface area contributed by atoms with Gasteiger partial charge in [0.25, 0.3) is 0 Å². The lowest BCUT2D eigenvalue weighted by molar-refractivity contribution is 0.261. The lowest BCUT2D eigenvalue weighted by Crippen LogP contribution is -2.39. The average Bonchev–Trinajstić information content (AvgIpc) is 2.42. The molecule has 0 bridgehead atoms. The van der Waals surface area contributed by atoms with E-state index in [2.05, 4.69) is 46.8 Å². The Morgan fingerprint density at radius 2 is 1.72 bits per heavy atom. The van der Waals surface area contributed by atoms with Crippen molar-refractivity contribution in [3.05, 3.63) is 24.3 Å². The lowest BCUT2D eigenvalue weighted by Gasteiger charge is -2.30. The molecule has 1 unspecified atom stereocenters. The van der Waals surface area contributed by atoms with Gasteiger partial charge in [-0.1, -0.05) is 13.8 Å². The minimum atomic E-state index is 0.596. The molecule has 1 saturated heterocycles. The highest BCUT2D eigenvalue weighted by Crippen LogP contribution is 2.17. The van der Waals surface area contributed by atoms with Crippen molar-refractivity contribution in [3.8, 4) is 0 Å². The van der Waals surface area contributed by atoms with E-state index in [-0.39, 0.29) is 0 Å². The highest BCUT2D eigenvalue weighted by atomic mass is 15.1. The van der Waals surface area contributed by atoms with Gasteiger partial charge in [0.15, 0.2) is 0 Å². The number of likely N-dealkylation sites (tertiary alicyclic amines) is 1.